The molecule has 0 unspecified atom stereocenters. The van der Waals surface area contributed by atoms with Crippen LogP contribution >= 0.6 is 0 Å². The van der Waals surface area contributed by atoms with Crippen LogP contribution in [0.15, 0.2) is 54.7 Å². The summed E-state index contributed by atoms with van der Waals surface area (Å²) < 4.78 is 60.4. The standard InChI is InChI=1S/C30H30F4N2O3/c1-39-23-9-11-28-25(18-23)24(12-14-35-28)27(31)10-8-20-13-16-36(19-22(20)17-29(37)38)15-4-6-21-5-2-3-7-26(21)30(32,33)34/h2-3,5,7,9,11-12,14,18,20,22,27H,8,10,13,15-17,19H2,1H3,(H,37,38)/t20-,22+,27+/m1/s1. The minimum Gasteiger partial charge on any atom is -0.497 e. The van der Waals surface area contributed by atoms with E-state index < -0.39 is 23.9 Å². The number of ether oxygens (including phenoxy) is 1. The molecule has 1 aromatic heterocycles. The third kappa shape index (κ3) is 7.27. The largest absolute Gasteiger partial charge is 0.497 e. The van der Waals surface area contributed by atoms with Gasteiger partial charge in [-0.15, -0.1) is 0 Å². The molecule has 1 aliphatic rings. The van der Waals surface area contributed by atoms with Crippen LogP contribution in [0.1, 0.15) is 48.5 Å². The number of aliphatic carboxylic acids is 1. The number of hydrogen-bond donors (Lipinski definition) is 1. The molecule has 0 amide bonds. The average molecular weight is 543 g/mol. The SMILES string of the molecule is COc1ccc2nccc([C@@H](F)CC[C@@H]3CCN(CC#Cc4ccccc4C(F)(F)F)C[C@@H]3CC(=O)O)c2c1. The Balaban J connectivity index is 1.40. The number of hydrogen-bond acceptors (Lipinski definition) is 4. The molecule has 206 valence electrons. The molecule has 3 aromatic rings. The Bertz CT molecular complexity index is 1370. The maximum atomic E-state index is 15.5. The van der Waals surface area contributed by atoms with E-state index in [4.69, 9.17) is 4.74 Å². The predicted molar refractivity (Wildman–Crippen MR) is 140 cm³/mol. The first kappa shape index (κ1) is 28.4. The van der Waals surface area contributed by atoms with Gasteiger partial charge in [0, 0.05) is 30.1 Å². The Labute approximate surface area is 224 Å². The van der Waals surface area contributed by atoms with Crippen LogP contribution in [-0.2, 0) is 11.0 Å². The maximum Gasteiger partial charge on any atom is 0.417 e. The normalized spacial score (nSPS) is 18.8. The molecule has 0 aliphatic carbocycles. The highest BCUT2D eigenvalue weighted by molar-refractivity contribution is 5.83. The molecule has 5 nitrogen and oxygen atoms in total. The summed E-state index contributed by atoms with van der Waals surface area (Å²) in [5.41, 5.74) is 0.339. The summed E-state index contributed by atoms with van der Waals surface area (Å²) >= 11 is 0. The van der Waals surface area contributed by atoms with Gasteiger partial charge in [-0.1, -0.05) is 24.0 Å². The van der Waals surface area contributed by atoms with Gasteiger partial charge in [0.2, 0.25) is 0 Å². The fraction of sp³-hybridized carbons (Fsp3) is 0.400. The Morgan fingerprint density at radius 3 is 2.74 bits per heavy atom. The van der Waals surface area contributed by atoms with Gasteiger partial charge in [-0.2, -0.15) is 13.2 Å². The molecule has 0 spiro atoms. The van der Waals surface area contributed by atoms with E-state index >= 15 is 4.39 Å². The molecule has 0 radical (unpaired) electrons. The van der Waals surface area contributed by atoms with Crippen molar-refractivity contribution in [3.05, 3.63) is 71.4 Å². The van der Waals surface area contributed by atoms with E-state index in [1.165, 1.54) is 18.2 Å². The second kappa shape index (κ2) is 12.5. The van der Waals surface area contributed by atoms with Crippen molar-refractivity contribution in [1.82, 2.24) is 9.88 Å². The first-order valence-corrected chi connectivity index (χ1v) is 12.8. The summed E-state index contributed by atoms with van der Waals surface area (Å²) in [6, 6.07) is 12.2. The van der Waals surface area contributed by atoms with E-state index in [0.29, 0.717) is 48.1 Å². The molecule has 0 bridgehead atoms. The zero-order chi connectivity index (χ0) is 28.0. The number of halogens is 4. The van der Waals surface area contributed by atoms with Crippen molar-refractivity contribution in [3.63, 3.8) is 0 Å². The van der Waals surface area contributed by atoms with Gasteiger partial charge in [-0.05, 0) is 79.6 Å². The van der Waals surface area contributed by atoms with Crippen LogP contribution < -0.4 is 4.74 Å². The van der Waals surface area contributed by atoms with Crippen molar-refractivity contribution < 1.29 is 32.2 Å². The van der Waals surface area contributed by atoms with Gasteiger partial charge in [-0.25, -0.2) is 4.39 Å². The number of rotatable bonds is 8. The van der Waals surface area contributed by atoms with Crippen molar-refractivity contribution >= 4 is 16.9 Å². The van der Waals surface area contributed by atoms with Gasteiger partial charge in [0.05, 0.1) is 24.7 Å². The molecule has 4 rings (SSSR count). The summed E-state index contributed by atoms with van der Waals surface area (Å²) in [5.74, 6) is 4.94. The molecule has 1 aliphatic heterocycles. The number of alkyl halides is 4. The van der Waals surface area contributed by atoms with Crippen LogP contribution in [0, 0.1) is 23.7 Å². The third-order valence-electron chi connectivity index (χ3n) is 7.28. The first-order valence-electron chi connectivity index (χ1n) is 12.8. The highest BCUT2D eigenvalue weighted by Gasteiger charge is 2.33. The van der Waals surface area contributed by atoms with Crippen LogP contribution in [-0.4, -0.2) is 47.7 Å². The van der Waals surface area contributed by atoms with Gasteiger partial charge < -0.3 is 9.84 Å². The summed E-state index contributed by atoms with van der Waals surface area (Å²) in [7, 11) is 1.55. The zero-order valence-electron chi connectivity index (χ0n) is 21.5. The summed E-state index contributed by atoms with van der Waals surface area (Å²) in [6.45, 7) is 1.28. The number of benzene rings is 2. The van der Waals surface area contributed by atoms with Crippen LogP contribution in [0.4, 0.5) is 17.6 Å². The molecule has 1 fully saturated rings. The Morgan fingerprint density at radius 1 is 1.21 bits per heavy atom. The smallest absolute Gasteiger partial charge is 0.417 e. The Kier molecular flexibility index (Phi) is 9.08. The number of fused-ring (bicyclic) bond motifs is 1. The highest BCUT2D eigenvalue weighted by Crippen LogP contribution is 2.36. The van der Waals surface area contributed by atoms with Crippen LogP contribution in [0.25, 0.3) is 10.9 Å². The monoisotopic (exact) mass is 542 g/mol. The second-order valence-corrected chi connectivity index (χ2v) is 9.82. The fourth-order valence-electron chi connectivity index (χ4n) is 5.28. The number of pyridine rings is 1. The molecule has 2 heterocycles. The zero-order valence-corrected chi connectivity index (χ0v) is 21.5. The van der Waals surface area contributed by atoms with Gasteiger partial charge in [-0.3, -0.25) is 14.7 Å². The quantitative estimate of drug-likeness (QED) is 0.260. The number of piperidine rings is 1. The van der Waals surface area contributed by atoms with Gasteiger partial charge in [0.1, 0.15) is 11.9 Å². The number of likely N-dealkylation sites (tertiary alicyclic amines) is 1. The molecule has 3 atom stereocenters. The number of methoxy groups -OCH3 is 1. The highest BCUT2D eigenvalue weighted by atomic mass is 19.4. The average Bonchev–Trinajstić information content (AvgIpc) is 2.91. The molecule has 39 heavy (non-hydrogen) atoms. The molecule has 2 aromatic carbocycles. The minimum atomic E-state index is -4.49. The van der Waals surface area contributed by atoms with E-state index in [9.17, 15) is 23.1 Å². The van der Waals surface area contributed by atoms with E-state index in [2.05, 4.69) is 16.8 Å². The molecule has 0 saturated carbocycles. The van der Waals surface area contributed by atoms with Crippen LogP contribution in [0.5, 0.6) is 5.75 Å². The van der Waals surface area contributed by atoms with Gasteiger partial charge >= 0.3 is 12.1 Å². The number of aromatic nitrogens is 1. The summed E-state index contributed by atoms with van der Waals surface area (Å²) in [5, 5.41) is 10.2. The lowest BCUT2D eigenvalue weighted by Gasteiger charge is -2.37. The van der Waals surface area contributed by atoms with Crippen LogP contribution in [0.2, 0.25) is 0 Å². The van der Waals surface area contributed by atoms with Gasteiger partial charge in [0.25, 0.3) is 0 Å². The molecular formula is C30H30F4N2O3. The third-order valence-corrected chi connectivity index (χ3v) is 7.28. The lowest BCUT2D eigenvalue weighted by atomic mass is 9.79. The number of nitrogens with zero attached hydrogens (tertiary/aromatic N) is 2. The lowest BCUT2D eigenvalue weighted by molar-refractivity contribution is -0.139. The predicted octanol–water partition coefficient (Wildman–Crippen LogP) is 6.52. The van der Waals surface area contributed by atoms with Crippen molar-refractivity contribution in [2.45, 2.75) is 38.0 Å². The van der Waals surface area contributed by atoms with Crippen molar-refractivity contribution in [3.8, 4) is 17.6 Å². The Hall–Kier alpha value is -3.64. The summed E-state index contributed by atoms with van der Waals surface area (Å²) in [6.07, 6.45) is -2.79. The molecule has 9 heteroatoms. The number of carboxylic acid groups (broad SMARTS) is 1. The topological polar surface area (TPSA) is 62.7 Å². The Morgan fingerprint density at radius 2 is 2.00 bits per heavy atom. The van der Waals surface area contributed by atoms with E-state index in [1.54, 1.807) is 37.6 Å². The van der Waals surface area contributed by atoms with E-state index in [1.807, 2.05) is 4.90 Å². The number of carboxylic acids is 1. The lowest BCUT2D eigenvalue weighted by Crippen LogP contribution is -2.41. The number of carbonyl (C=O) groups is 1. The maximum absolute atomic E-state index is 15.5. The molecular weight excluding hydrogens is 512 g/mol. The van der Waals surface area contributed by atoms with Crippen molar-refractivity contribution in [2.75, 3.05) is 26.7 Å². The van der Waals surface area contributed by atoms with E-state index in [0.717, 1.165) is 6.07 Å². The fourth-order valence-corrected chi connectivity index (χ4v) is 5.28. The van der Waals surface area contributed by atoms with Gasteiger partial charge in [0.15, 0.2) is 0 Å². The summed E-state index contributed by atoms with van der Waals surface area (Å²) in [4.78, 5) is 17.8. The first-order chi connectivity index (χ1) is 18.7. The van der Waals surface area contributed by atoms with Crippen molar-refractivity contribution in [2.24, 2.45) is 11.8 Å². The second-order valence-electron chi connectivity index (χ2n) is 9.82. The molecule has 1 saturated heterocycles. The minimum absolute atomic E-state index is 0.0113. The van der Waals surface area contributed by atoms with Crippen molar-refractivity contribution in [1.29, 1.82) is 0 Å². The molecule has 1 N–H and O–H groups in total. The van der Waals surface area contributed by atoms with Crippen LogP contribution in [0.3, 0.4) is 0 Å². The van der Waals surface area contributed by atoms with E-state index in [-0.39, 0.29) is 36.8 Å².